The Hall–Kier alpha value is -1.40. The van der Waals surface area contributed by atoms with Crippen LogP contribution in [0.1, 0.15) is 17.0 Å². The zero-order valence-corrected chi connectivity index (χ0v) is 8.91. The maximum absolute atomic E-state index is 10.7. The van der Waals surface area contributed by atoms with Gasteiger partial charge in [0.1, 0.15) is 5.76 Å². The second-order valence-electron chi connectivity index (χ2n) is 3.44. The van der Waals surface area contributed by atoms with E-state index in [1.54, 1.807) is 0 Å². The minimum atomic E-state index is -0.662. The average molecular weight is 212 g/mol. The summed E-state index contributed by atoms with van der Waals surface area (Å²) in [6, 6.07) is -0.662. The minimum absolute atomic E-state index is 0.347. The van der Waals surface area contributed by atoms with Gasteiger partial charge in [-0.15, -0.1) is 0 Å². The second-order valence-corrected chi connectivity index (χ2v) is 3.44. The molecule has 6 heteroatoms. The van der Waals surface area contributed by atoms with Gasteiger partial charge in [0.2, 0.25) is 5.91 Å². The van der Waals surface area contributed by atoms with E-state index in [0.29, 0.717) is 13.1 Å². The van der Waals surface area contributed by atoms with Crippen LogP contribution in [0.15, 0.2) is 4.52 Å². The normalized spacial score (nSPS) is 12.7. The van der Waals surface area contributed by atoms with Crippen molar-refractivity contribution in [2.45, 2.75) is 26.4 Å². The van der Waals surface area contributed by atoms with Gasteiger partial charge in [0.25, 0.3) is 0 Å². The van der Waals surface area contributed by atoms with E-state index in [1.807, 2.05) is 13.8 Å². The van der Waals surface area contributed by atoms with Gasteiger partial charge < -0.3 is 21.3 Å². The Labute approximate surface area is 88.0 Å². The fourth-order valence-corrected chi connectivity index (χ4v) is 1.21. The summed E-state index contributed by atoms with van der Waals surface area (Å²) in [5.41, 5.74) is 12.3. The highest BCUT2D eigenvalue weighted by Crippen LogP contribution is 2.11. The summed E-state index contributed by atoms with van der Waals surface area (Å²) in [7, 11) is 0. The van der Waals surface area contributed by atoms with Crippen LogP contribution in [0.2, 0.25) is 0 Å². The standard InChI is InChI=1S/C9H16N4O2/c1-5-7(6(2)15-13-5)3-12-4-8(10)9(11)14/h8,12H,3-4,10H2,1-2H3,(H2,11,14). The molecule has 0 fully saturated rings. The van der Waals surface area contributed by atoms with Crippen LogP contribution in [-0.2, 0) is 11.3 Å². The Bertz CT molecular complexity index is 328. The van der Waals surface area contributed by atoms with Gasteiger partial charge in [-0.1, -0.05) is 5.16 Å². The lowest BCUT2D eigenvalue weighted by Gasteiger charge is -2.08. The second kappa shape index (κ2) is 4.90. The molecule has 1 atom stereocenters. The van der Waals surface area contributed by atoms with Crippen LogP contribution in [0.3, 0.4) is 0 Å². The van der Waals surface area contributed by atoms with Crippen molar-refractivity contribution in [2.75, 3.05) is 6.54 Å². The lowest BCUT2D eigenvalue weighted by atomic mass is 10.2. The van der Waals surface area contributed by atoms with E-state index in [2.05, 4.69) is 10.5 Å². The molecule has 0 spiro atoms. The van der Waals surface area contributed by atoms with Crippen LogP contribution < -0.4 is 16.8 Å². The number of primary amides is 1. The molecule has 1 rings (SSSR count). The minimum Gasteiger partial charge on any atom is -0.368 e. The van der Waals surface area contributed by atoms with Crippen LogP contribution >= 0.6 is 0 Å². The maximum Gasteiger partial charge on any atom is 0.235 e. The first-order valence-corrected chi connectivity index (χ1v) is 4.69. The molecule has 6 nitrogen and oxygen atoms in total. The Balaban J connectivity index is 2.41. The molecule has 1 heterocycles. The number of amides is 1. The fourth-order valence-electron chi connectivity index (χ4n) is 1.21. The van der Waals surface area contributed by atoms with Crippen molar-refractivity contribution in [3.63, 3.8) is 0 Å². The molecule has 84 valence electrons. The Kier molecular flexibility index (Phi) is 3.81. The highest BCUT2D eigenvalue weighted by molar-refractivity contribution is 5.79. The number of nitrogens with one attached hydrogen (secondary N) is 1. The van der Waals surface area contributed by atoms with Gasteiger partial charge in [0, 0.05) is 18.7 Å². The number of nitrogens with zero attached hydrogens (tertiary/aromatic N) is 1. The Morgan fingerprint density at radius 1 is 1.60 bits per heavy atom. The average Bonchev–Trinajstić information content (AvgIpc) is 2.48. The van der Waals surface area contributed by atoms with Crippen molar-refractivity contribution in [1.29, 1.82) is 0 Å². The third-order valence-corrected chi connectivity index (χ3v) is 2.21. The van der Waals surface area contributed by atoms with E-state index in [0.717, 1.165) is 17.0 Å². The molecule has 0 aromatic carbocycles. The number of rotatable bonds is 5. The quantitative estimate of drug-likeness (QED) is 0.592. The molecular formula is C9H16N4O2. The summed E-state index contributed by atoms with van der Waals surface area (Å²) >= 11 is 0. The summed E-state index contributed by atoms with van der Waals surface area (Å²) < 4.78 is 4.99. The number of hydrogen-bond donors (Lipinski definition) is 3. The van der Waals surface area contributed by atoms with Gasteiger partial charge in [0.05, 0.1) is 11.7 Å². The Morgan fingerprint density at radius 2 is 2.27 bits per heavy atom. The number of aromatic nitrogens is 1. The first-order valence-electron chi connectivity index (χ1n) is 4.69. The maximum atomic E-state index is 10.7. The van der Waals surface area contributed by atoms with Gasteiger partial charge in [0.15, 0.2) is 0 Å². The van der Waals surface area contributed by atoms with E-state index in [4.69, 9.17) is 16.0 Å². The number of hydrogen-bond acceptors (Lipinski definition) is 5. The van der Waals surface area contributed by atoms with Crippen molar-refractivity contribution in [2.24, 2.45) is 11.5 Å². The van der Waals surface area contributed by atoms with Crippen LogP contribution in [0.5, 0.6) is 0 Å². The topological polar surface area (TPSA) is 107 Å². The van der Waals surface area contributed by atoms with E-state index in [-0.39, 0.29) is 0 Å². The van der Waals surface area contributed by atoms with E-state index in [1.165, 1.54) is 0 Å². The van der Waals surface area contributed by atoms with Crippen molar-refractivity contribution in [3.8, 4) is 0 Å². The molecule has 0 saturated heterocycles. The molecule has 0 aliphatic heterocycles. The van der Waals surface area contributed by atoms with Crippen molar-refractivity contribution in [1.82, 2.24) is 10.5 Å². The molecule has 1 aromatic heterocycles. The van der Waals surface area contributed by atoms with Gasteiger partial charge in [-0.3, -0.25) is 4.79 Å². The third-order valence-electron chi connectivity index (χ3n) is 2.21. The summed E-state index contributed by atoms with van der Waals surface area (Å²) in [6.45, 7) is 4.62. The monoisotopic (exact) mass is 212 g/mol. The number of carbonyl (C=O) groups excluding carboxylic acids is 1. The highest BCUT2D eigenvalue weighted by Gasteiger charge is 2.11. The lowest BCUT2D eigenvalue weighted by Crippen LogP contribution is -2.44. The number of carbonyl (C=O) groups is 1. The Morgan fingerprint density at radius 3 is 2.73 bits per heavy atom. The molecule has 0 bridgehead atoms. The highest BCUT2D eigenvalue weighted by atomic mass is 16.5. The predicted octanol–water partition coefficient (Wildman–Crippen LogP) is -0.806. The van der Waals surface area contributed by atoms with Gasteiger partial charge in [-0.25, -0.2) is 0 Å². The van der Waals surface area contributed by atoms with Crippen molar-refractivity contribution >= 4 is 5.91 Å². The van der Waals surface area contributed by atoms with Crippen molar-refractivity contribution in [3.05, 3.63) is 17.0 Å². The predicted molar refractivity (Wildman–Crippen MR) is 54.9 cm³/mol. The van der Waals surface area contributed by atoms with Crippen LogP contribution in [0, 0.1) is 13.8 Å². The third kappa shape index (κ3) is 3.03. The molecular weight excluding hydrogens is 196 g/mol. The summed E-state index contributed by atoms with van der Waals surface area (Å²) in [5.74, 6) is 0.258. The molecule has 1 aromatic rings. The largest absolute Gasteiger partial charge is 0.368 e. The SMILES string of the molecule is Cc1noc(C)c1CNCC(N)C(N)=O. The molecule has 0 aliphatic rings. The van der Waals surface area contributed by atoms with Crippen molar-refractivity contribution < 1.29 is 9.32 Å². The zero-order chi connectivity index (χ0) is 11.4. The van der Waals surface area contributed by atoms with Crippen LogP contribution in [-0.4, -0.2) is 23.7 Å². The zero-order valence-electron chi connectivity index (χ0n) is 8.91. The van der Waals surface area contributed by atoms with E-state index >= 15 is 0 Å². The molecule has 1 amide bonds. The summed E-state index contributed by atoms with van der Waals surface area (Å²) in [4.78, 5) is 10.7. The molecule has 1 unspecified atom stereocenters. The molecule has 0 radical (unpaired) electrons. The smallest absolute Gasteiger partial charge is 0.235 e. The molecule has 5 N–H and O–H groups in total. The van der Waals surface area contributed by atoms with Gasteiger partial charge in [-0.2, -0.15) is 0 Å². The molecule has 0 saturated carbocycles. The van der Waals surface area contributed by atoms with E-state index in [9.17, 15) is 4.79 Å². The van der Waals surface area contributed by atoms with Crippen LogP contribution in [0.4, 0.5) is 0 Å². The molecule has 0 aliphatic carbocycles. The lowest BCUT2D eigenvalue weighted by molar-refractivity contribution is -0.119. The summed E-state index contributed by atoms with van der Waals surface area (Å²) in [5, 5.41) is 6.84. The first kappa shape index (κ1) is 11.7. The van der Waals surface area contributed by atoms with E-state index < -0.39 is 11.9 Å². The number of nitrogens with two attached hydrogens (primary N) is 2. The number of aryl methyl sites for hydroxylation is 2. The van der Waals surface area contributed by atoms with Gasteiger partial charge >= 0.3 is 0 Å². The van der Waals surface area contributed by atoms with Crippen LogP contribution in [0.25, 0.3) is 0 Å². The fraction of sp³-hybridized carbons (Fsp3) is 0.556. The summed E-state index contributed by atoms with van der Waals surface area (Å²) in [6.07, 6.45) is 0. The molecule has 15 heavy (non-hydrogen) atoms. The van der Waals surface area contributed by atoms with Gasteiger partial charge in [-0.05, 0) is 13.8 Å². The first-order chi connectivity index (χ1) is 7.02.